The molecule has 3 N–H and O–H groups in total. The quantitative estimate of drug-likeness (QED) is 0.524. The molecule has 2 aromatic carbocycles. The van der Waals surface area contributed by atoms with Crippen molar-refractivity contribution >= 4 is 22.7 Å². The van der Waals surface area contributed by atoms with Crippen LogP contribution in [0.1, 0.15) is 30.7 Å². The Hall–Kier alpha value is -3.29. The van der Waals surface area contributed by atoms with E-state index in [1.54, 1.807) is 12.1 Å². The Kier molecular flexibility index (Phi) is 5.15. The Morgan fingerprint density at radius 2 is 1.81 bits per heavy atom. The van der Waals surface area contributed by atoms with Crippen LogP contribution < -0.4 is 10.6 Å². The van der Waals surface area contributed by atoms with E-state index in [2.05, 4.69) is 15.6 Å². The van der Waals surface area contributed by atoms with Gasteiger partial charge in [0.1, 0.15) is 23.4 Å². The topological polar surface area (TPSA) is 74.0 Å². The average Bonchev–Trinajstić information content (AvgIpc) is 3.31. The predicted octanol–water partition coefficient (Wildman–Crippen LogP) is 4.00. The first kappa shape index (κ1) is 20.6. The van der Waals surface area contributed by atoms with Crippen molar-refractivity contribution in [1.29, 1.82) is 0 Å². The van der Waals surface area contributed by atoms with Gasteiger partial charge in [-0.15, -0.1) is 0 Å². The number of carbonyl (C=O) groups excluding carboxylic acids is 2. The maximum atomic E-state index is 14.5. The summed E-state index contributed by atoms with van der Waals surface area (Å²) in [6, 6.07) is 8.06. The zero-order valence-corrected chi connectivity index (χ0v) is 17.2. The van der Waals surface area contributed by atoms with Crippen molar-refractivity contribution in [3.8, 4) is 11.3 Å². The van der Waals surface area contributed by atoms with E-state index in [9.17, 15) is 22.8 Å². The van der Waals surface area contributed by atoms with E-state index in [0.717, 1.165) is 24.5 Å². The van der Waals surface area contributed by atoms with E-state index in [-0.39, 0.29) is 35.0 Å². The summed E-state index contributed by atoms with van der Waals surface area (Å²) >= 11 is 0. The van der Waals surface area contributed by atoms with E-state index in [4.69, 9.17) is 0 Å². The number of amides is 2. The van der Waals surface area contributed by atoms with Gasteiger partial charge >= 0.3 is 0 Å². The van der Waals surface area contributed by atoms with Crippen molar-refractivity contribution in [1.82, 2.24) is 15.6 Å². The molecule has 0 bridgehead atoms. The molecule has 32 heavy (non-hydrogen) atoms. The van der Waals surface area contributed by atoms with Crippen molar-refractivity contribution in [2.75, 3.05) is 13.1 Å². The maximum Gasteiger partial charge on any atom is 0.232 e. The Balaban J connectivity index is 1.37. The van der Waals surface area contributed by atoms with E-state index >= 15 is 0 Å². The van der Waals surface area contributed by atoms with Gasteiger partial charge in [0.2, 0.25) is 11.8 Å². The standard InChI is InChI=1S/C24H22F3N3O2/c25-15-3-1-13(2-4-15)21-20(18-9-16(26)10-19(27)22(18)30-21)14-7-12(8-14)11-29-24(32)17-5-6-28-23(17)31/h1-4,9-10,12,14,17,30H,5-8,11H2,(H,28,31)(H,29,32)/t12-,14+,17?. The van der Waals surface area contributed by atoms with Crippen molar-refractivity contribution < 1.29 is 22.8 Å². The molecule has 1 aliphatic carbocycles. The highest BCUT2D eigenvalue weighted by molar-refractivity contribution is 6.01. The number of H-pyrrole nitrogens is 1. The lowest BCUT2D eigenvalue weighted by atomic mass is 9.70. The molecule has 1 aliphatic heterocycles. The molecule has 5 rings (SSSR count). The molecule has 1 saturated carbocycles. The number of rotatable bonds is 5. The van der Waals surface area contributed by atoms with E-state index in [1.807, 2.05) is 0 Å². The Morgan fingerprint density at radius 3 is 2.50 bits per heavy atom. The highest BCUT2D eigenvalue weighted by Gasteiger charge is 2.36. The second-order valence-electron chi connectivity index (χ2n) is 8.64. The van der Waals surface area contributed by atoms with E-state index < -0.39 is 17.6 Å². The highest BCUT2D eigenvalue weighted by Crippen LogP contribution is 2.48. The lowest BCUT2D eigenvalue weighted by Crippen LogP contribution is -2.40. The molecule has 1 saturated heterocycles. The summed E-state index contributed by atoms with van der Waals surface area (Å²) in [5.74, 6) is -2.58. The minimum absolute atomic E-state index is 0.0432. The number of aromatic amines is 1. The summed E-state index contributed by atoms with van der Waals surface area (Å²) in [6.45, 7) is 0.971. The molecule has 1 aromatic heterocycles. The number of benzene rings is 2. The Labute approximate surface area is 182 Å². The van der Waals surface area contributed by atoms with Crippen LogP contribution in [0.15, 0.2) is 36.4 Å². The lowest BCUT2D eigenvalue weighted by Gasteiger charge is -2.36. The lowest BCUT2D eigenvalue weighted by molar-refractivity contribution is -0.133. The van der Waals surface area contributed by atoms with Crippen molar-refractivity contribution in [2.24, 2.45) is 11.8 Å². The second-order valence-corrected chi connectivity index (χ2v) is 8.64. The molecule has 2 fully saturated rings. The molecule has 1 unspecified atom stereocenters. The van der Waals surface area contributed by atoms with Crippen LogP contribution in [0.5, 0.6) is 0 Å². The molecular weight excluding hydrogens is 419 g/mol. The molecule has 166 valence electrons. The monoisotopic (exact) mass is 441 g/mol. The summed E-state index contributed by atoms with van der Waals surface area (Å²) < 4.78 is 41.9. The first-order chi connectivity index (χ1) is 15.4. The summed E-state index contributed by atoms with van der Waals surface area (Å²) in [4.78, 5) is 27.0. The molecule has 2 heterocycles. The van der Waals surface area contributed by atoms with Crippen molar-refractivity contribution in [3.63, 3.8) is 0 Å². The van der Waals surface area contributed by atoms with Gasteiger partial charge in [-0.3, -0.25) is 9.59 Å². The smallest absolute Gasteiger partial charge is 0.232 e. The van der Waals surface area contributed by atoms with Crippen LogP contribution in [0.4, 0.5) is 13.2 Å². The first-order valence-corrected chi connectivity index (χ1v) is 10.7. The van der Waals surface area contributed by atoms with Gasteiger partial charge in [-0.25, -0.2) is 13.2 Å². The number of aromatic nitrogens is 1. The molecule has 0 spiro atoms. The summed E-state index contributed by atoms with van der Waals surface area (Å²) in [7, 11) is 0. The van der Waals surface area contributed by atoms with Crippen LogP contribution in [-0.2, 0) is 9.59 Å². The number of hydrogen-bond donors (Lipinski definition) is 3. The average molecular weight is 441 g/mol. The van der Waals surface area contributed by atoms with Crippen LogP contribution in [-0.4, -0.2) is 29.9 Å². The highest BCUT2D eigenvalue weighted by atomic mass is 19.1. The van der Waals surface area contributed by atoms with E-state index in [1.165, 1.54) is 18.2 Å². The van der Waals surface area contributed by atoms with Gasteiger partial charge in [0.25, 0.3) is 0 Å². The zero-order chi connectivity index (χ0) is 22.4. The van der Waals surface area contributed by atoms with Gasteiger partial charge in [-0.2, -0.15) is 0 Å². The summed E-state index contributed by atoms with van der Waals surface area (Å²) in [5.41, 5.74) is 2.38. The fraction of sp³-hybridized carbons (Fsp3) is 0.333. The Morgan fingerprint density at radius 1 is 1.06 bits per heavy atom. The van der Waals surface area contributed by atoms with Gasteiger partial charge in [-0.05, 0) is 72.6 Å². The molecule has 5 nitrogen and oxygen atoms in total. The van der Waals surface area contributed by atoms with Crippen LogP contribution in [0, 0.1) is 29.3 Å². The van der Waals surface area contributed by atoms with E-state index in [0.29, 0.717) is 36.2 Å². The van der Waals surface area contributed by atoms with Crippen LogP contribution in [0.25, 0.3) is 22.2 Å². The largest absolute Gasteiger partial charge is 0.355 e. The molecule has 2 aliphatic rings. The normalized spacial score (nSPS) is 22.6. The van der Waals surface area contributed by atoms with Gasteiger partial charge in [0.05, 0.1) is 11.2 Å². The molecule has 0 radical (unpaired) electrons. The number of fused-ring (bicyclic) bond motifs is 1. The third-order valence-electron chi connectivity index (χ3n) is 6.57. The minimum Gasteiger partial charge on any atom is -0.355 e. The molecule has 3 aromatic rings. The third-order valence-corrected chi connectivity index (χ3v) is 6.57. The van der Waals surface area contributed by atoms with Crippen molar-refractivity contribution in [3.05, 3.63) is 59.4 Å². The third kappa shape index (κ3) is 3.63. The number of hydrogen-bond acceptors (Lipinski definition) is 2. The second kappa shape index (κ2) is 8.00. The van der Waals surface area contributed by atoms with Crippen LogP contribution in [0.3, 0.4) is 0 Å². The SMILES string of the molecule is O=C1NCCC1C(=O)NC[C@H]1C[C@@H](c2c(-c3ccc(F)cc3)[nH]c3c(F)cc(F)cc32)C1. The summed E-state index contributed by atoms with van der Waals surface area (Å²) in [6.07, 6.45) is 1.97. The predicted molar refractivity (Wildman–Crippen MR) is 113 cm³/mol. The van der Waals surface area contributed by atoms with Crippen molar-refractivity contribution in [2.45, 2.75) is 25.2 Å². The van der Waals surface area contributed by atoms with Gasteiger partial charge in [-0.1, -0.05) is 0 Å². The minimum atomic E-state index is -0.674. The fourth-order valence-corrected chi connectivity index (χ4v) is 4.86. The number of halogens is 3. The van der Waals surface area contributed by atoms with Gasteiger partial charge < -0.3 is 15.6 Å². The Bertz CT molecular complexity index is 1200. The van der Waals surface area contributed by atoms with Crippen LogP contribution in [0.2, 0.25) is 0 Å². The molecule has 1 atom stereocenters. The molecular formula is C24H22F3N3O2. The maximum absolute atomic E-state index is 14.5. The van der Waals surface area contributed by atoms with Gasteiger partial charge in [0, 0.05) is 24.5 Å². The van der Waals surface area contributed by atoms with Gasteiger partial charge in [0.15, 0.2) is 0 Å². The number of nitrogens with one attached hydrogen (secondary N) is 3. The summed E-state index contributed by atoms with van der Waals surface area (Å²) in [5, 5.41) is 6.00. The fourth-order valence-electron chi connectivity index (χ4n) is 4.86. The molecule has 2 amide bonds. The van der Waals surface area contributed by atoms with Crippen LogP contribution >= 0.6 is 0 Å². The number of carbonyl (C=O) groups is 2. The first-order valence-electron chi connectivity index (χ1n) is 10.7. The molecule has 8 heteroatoms. The zero-order valence-electron chi connectivity index (χ0n) is 17.2.